The summed E-state index contributed by atoms with van der Waals surface area (Å²) in [6.07, 6.45) is 3.86. The van der Waals surface area contributed by atoms with Gasteiger partial charge in [-0.05, 0) is 38.1 Å². The molecular formula is C15H30N2O. The topological polar surface area (TPSA) is 24.5 Å². The minimum atomic E-state index is 0.686. The van der Waals surface area contributed by atoms with E-state index in [1.165, 1.54) is 32.4 Å². The fraction of sp³-hybridized carbons (Fsp3) is 1.00. The predicted molar refractivity (Wildman–Crippen MR) is 75.8 cm³/mol. The van der Waals surface area contributed by atoms with E-state index in [-0.39, 0.29) is 0 Å². The molecule has 0 radical (unpaired) electrons. The highest BCUT2D eigenvalue weighted by Crippen LogP contribution is 2.20. The molecular weight excluding hydrogens is 224 g/mol. The van der Waals surface area contributed by atoms with Gasteiger partial charge in [0.05, 0.1) is 0 Å². The van der Waals surface area contributed by atoms with E-state index >= 15 is 0 Å². The normalized spacial score (nSPS) is 35.8. The molecule has 0 aliphatic carbocycles. The number of nitrogens with one attached hydrogen (secondary N) is 1. The molecule has 2 fully saturated rings. The first-order valence-corrected chi connectivity index (χ1v) is 7.75. The Bertz CT molecular complexity index is 241. The molecule has 0 aromatic heterocycles. The van der Waals surface area contributed by atoms with E-state index in [9.17, 15) is 0 Å². The Labute approximate surface area is 112 Å². The second-order valence-corrected chi connectivity index (χ2v) is 6.26. The average Bonchev–Trinajstić information content (AvgIpc) is 2.90. The van der Waals surface area contributed by atoms with Crippen LogP contribution in [0.2, 0.25) is 0 Å². The van der Waals surface area contributed by atoms with E-state index in [4.69, 9.17) is 4.74 Å². The van der Waals surface area contributed by atoms with Crippen molar-refractivity contribution < 1.29 is 4.74 Å². The lowest BCUT2D eigenvalue weighted by Crippen LogP contribution is -2.57. The van der Waals surface area contributed by atoms with Crippen molar-refractivity contribution in [1.82, 2.24) is 10.2 Å². The molecule has 2 aliphatic rings. The molecule has 0 aromatic carbocycles. The molecule has 0 amide bonds. The van der Waals surface area contributed by atoms with Crippen molar-refractivity contribution in [3.05, 3.63) is 0 Å². The maximum Gasteiger partial charge on any atom is 0.0495 e. The lowest BCUT2D eigenvalue weighted by atomic mass is 9.95. The van der Waals surface area contributed by atoms with E-state index in [0.29, 0.717) is 12.1 Å². The second-order valence-electron chi connectivity index (χ2n) is 6.26. The zero-order chi connectivity index (χ0) is 13.0. The first-order chi connectivity index (χ1) is 8.70. The highest BCUT2D eigenvalue weighted by Gasteiger charge is 2.28. The van der Waals surface area contributed by atoms with Crippen molar-refractivity contribution in [2.45, 2.75) is 52.1 Å². The third-order valence-electron chi connectivity index (χ3n) is 4.91. The molecule has 106 valence electrons. The summed E-state index contributed by atoms with van der Waals surface area (Å²) in [5.74, 6) is 1.60. The van der Waals surface area contributed by atoms with Crippen LogP contribution in [0, 0.1) is 11.8 Å². The summed E-state index contributed by atoms with van der Waals surface area (Å²) in [5.41, 5.74) is 0. The highest BCUT2D eigenvalue weighted by molar-refractivity contribution is 4.86. The van der Waals surface area contributed by atoms with Crippen LogP contribution in [0.4, 0.5) is 0 Å². The Morgan fingerprint density at radius 3 is 2.94 bits per heavy atom. The van der Waals surface area contributed by atoms with Gasteiger partial charge in [-0.15, -0.1) is 0 Å². The molecule has 4 atom stereocenters. The van der Waals surface area contributed by atoms with E-state index in [1.54, 1.807) is 0 Å². The van der Waals surface area contributed by atoms with Gasteiger partial charge in [-0.2, -0.15) is 0 Å². The smallest absolute Gasteiger partial charge is 0.0495 e. The number of hydrogen-bond acceptors (Lipinski definition) is 3. The van der Waals surface area contributed by atoms with Gasteiger partial charge >= 0.3 is 0 Å². The lowest BCUT2D eigenvalue weighted by molar-refractivity contribution is 0.109. The maximum absolute atomic E-state index is 5.47. The first-order valence-electron chi connectivity index (χ1n) is 7.75. The van der Waals surface area contributed by atoms with Gasteiger partial charge in [0, 0.05) is 38.4 Å². The van der Waals surface area contributed by atoms with Crippen LogP contribution in [0.15, 0.2) is 0 Å². The minimum absolute atomic E-state index is 0.686. The molecule has 3 nitrogen and oxygen atoms in total. The molecule has 0 spiro atoms. The van der Waals surface area contributed by atoms with E-state index in [0.717, 1.165) is 31.6 Å². The molecule has 2 saturated heterocycles. The Kier molecular flexibility index (Phi) is 5.46. The summed E-state index contributed by atoms with van der Waals surface area (Å²) in [5, 5.41) is 3.71. The summed E-state index contributed by atoms with van der Waals surface area (Å²) in [6.45, 7) is 12.6. The van der Waals surface area contributed by atoms with Crippen LogP contribution in [0.5, 0.6) is 0 Å². The van der Waals surface area contributed by atoms with Crippen LogP contribution in [0.1, 0.15) is 40.0 Å². The van der Waals surface area contributed by atoms with Gasteiger partial charge in [-0.1, -0.05) is 20.3 Å². The van der Waals surface area contributed by atoms with Gasteiger partial charge in [0.25, 0.3) is 0 Å². The fourth-order valence-corrected chi connectivity index (χ4v) is 3.08. The van der Waals surface area contributed by atoms with Crippen LogP contribution in [0.3, 0.4) is 0 Å². The zero-order valence-corrected chi connectivity index (χ0v) is 12.3. The molecule has 0 saturated carbocycles. The number of rotatable bonds is 5. The Morgan fingerprint density at radius 1 is 1.44 bits per heavy atom. The Morgan fingerprint density at radius 2 is 2.28 bits per heavy atom. The number of hydrogen-bond donors (Lipinski definition) is 1. The summed E-state index contributed by atoms with van der Waals surface area (Å²) >= 11 is 0. The monoisotopic (exact) mass is 254 g/mol. The molecule has 18 heavy (non-hydrogen) atoms. The van der Waals surface area contributed by atoms with E-state index in [2.05, 4.69) is 31.0 Å². The number of nitrogens with zero attached hydrogens (tertiary/aromatic N) is 1. The summed E-state index contributed by atoms with van der Waals surface area (Å²) in [4.78, 5) is 2.69. The van der Waals surface area contributed by atoms with Crippen LogP contribution in [0.25, 0.3) is 0 Å². The molecule has 4 unspecified atom stereocenters. The summed E-state index contributed by atoms with van der Waals surface area (Å²) < 4.78 is 5.47. The molecule has 2 heterocycles. The molecule has 1 N–H and O–H groups in total. The number of ether oxygens (including phenoxy) is 1. The van der Waals surface area contributed by atoms with E-state index < -0.39 is 0 Å². The fourth-order valence-electron chi connectivity index (χ4n) is 3.08. The van der Waals surface area contributed by atoms with Crippen molar-refractivity contribution in [2.75, 3.05) is 32.8 Å². The SMILES string of the molecule is CCC(C)C1CN(CCC2CCOC2)C(C)CN1. The molecule has 3 heteroatoms. The lowest BCUT2D eigenvalue weighted by Gasteiger charge is -2.41. The van der Waals surface area contributed by atoms with Crippen LogP contribution in [-0.2, 0) is 4.74 Å². The largest absolute Gasteiger partial charge is 0.381 e. The highest BCUT2D eigenvalue weighted by atomic mass is 16.5. The predicted octanol–water partition coefficient (Wildman–Crippen LogP) is 2.12. The molecule has 0 aromatic rings. The average molecular weight is 254 g/mol. The van der Waals surface area contributed by atoms with Crippen molar-refractivity contribution in [1.29, 1.82) is 0 Å². The standard InChI is InChI=1S/C15H30N2O/c1-4-12(2)15-10-17(13(3)9-16-15)7-5-14-6-8-18-11-14/h12-16H,4-11H2,1-3H3. The van der Waals surface area contributed by atoms with Gasteiger partial charge in [0.2, 0.25) is 0 Å². The van der Waals surface area contributed by atoms with Gasteiger partial charge in [0.1, 0.15) is 0 Å². The minimum Gasteiger partial charge on any atom is -0.381 e. The van der Waals surface area contributed by atoms with Gasteiger partial charge in [-0.3, -0.25) is 4.90 Å². The second kappa shape index (κ2) is 6.88. The Hall–Kier alpha value is -0.120. The zero-order valence-electron chi connectivity index (χ0n) is 12.3. The van der Waals surface area contributed by atoms with Crippen LogP contribution < -0.4 is 5.32 Å². The van der Waals surface area contributed by atoms with Crippen LogP contribution in [-0.4, -0.2) is 49.8 Å². The van der Waals surface area contributed by atoms with Gasteiger partial charge in [0.15, 0.2) is 0 Å². The Balaban J connectivity index is 1.77. The quantitative estimate of drug-likeness (QED) is 0.813. The molecule has 0 bridgehead atoms. The summed E-state index contributed by atoms with van der Waals surface area (Å²) in [6, 6.07) is 1.37. The number of piperazine rings is 1. The van der Waals surface area contributed by atoms with Crippen molar-refractivity contribution in [3.63, 3.8) is 0 Å². The third kappa shape index (κ3) is 3.69. The van der Waals surface area contributed by atoms with Gasteiger partial charge in [-0.25, -0.2) is 0 Å². The maximum atomic E-state index is 5.47. The molecule has 2 aliphatic heterocycles. The first kappa shape index (κ1) is 14.3. The van der Waals surface area contributed by atoms with E-state index in [1.807, 2.05) is 0 Å². The van der Waals surface area contributed by atoms with Crippen LogP contribution >= 0.6 is 0 Å². The third-order valence-corrected chi connectivity index (χ3v) is 4.91. The summed E-state index contributed by atoms with van der Waals surface area (Å²) in [7, 11) is 0. The molecule has 2 rings (SSSR count). The van der Waals surface area contributed by atoms with Crippen molar-refractivity contribution in [2.24, 2.45) is 11.8 Å². The van der Waals surface area contributed by atoms with Crippen molar-refractivity contribution in [3.8, 4) is 0 Å². The van der Waals surface area contributed by atoms with Crippen molar-refractivity contribution >= 4 is 0 Å². The van der Waals surface area contributed by atoms with Gasteiger partial charge < -0.3 is 10.1 Å².